The van der Waals surface area contributed by atoms with Crippen molar-refractivity contribution in [3.8, 4) is 33.4 Å². The topological polar surface area (TPSA) is 3.24 Å². The molecule has 0 amide bonds. The average molecular weight is 852 g/mol. The van der Waals surface area contributed by atoms with Gasteiger partial charge in [-0.3, -0.25) is 0 Å². The molecule has 3 aliphatic carbocycles. The van der Waals surface area contributed by atoms with Crippen LogP contribution in [0.4, 0.5) is 17.1 Å². The van der Waals surface area contributed by atoms with Gasteiger partial charge in [0.05, 0.1) is 5.69 Å². The summed E-state index contributed by atoms with van der Waals surface area (Å²) in [5.41, 5.74) is 19.7. The Bertz CT molecular complexity index is 2660. The fourth-order valence-electron chi connectivity index (χ4n) is 11.9. The van der Waals surface area contributed by atoms with E-state index in [0.29, 0.717) is 11.8 Å². The second-order valence-corrected chi connectivity index (χ2v) is 21.0. The Hall–Kier alpha value is -5.66. The third kappa shape index (κ3) is 8.77. The zero-order valence-electron chi connectivity index (χ0n) is 39.6. The van der Waals surface area contributed by atoms with E-state index in [0.717, 1.165) is 0 Å². The average Bonchev–Trinajstić information content (AvgIpc) is 3.57. The lowest BCUT2D eigenvalue weighted by Crippen LogP contribution is -2.23. The van der Waals surface area contributed by atoms with Gasteiger partial charge in [-0.25, -0.2) is 0 Å². The molecule has 0 bridgehead atoms. The van der Waals surface area contributed by atoms with Crippen molar-refractivity contribution in [3.05, 3.63) is 197 Å². The molecule has 1 nitrogen and oxygen atoms in total. The molecule has 0 radical (unpaired) electrons. The molecule has 0 aromatic heterocycles. The van der Waals surface area contributed by atoms with Crippen LogP contribution >= 0.6 is 0 Å². The van der Waals surface area contributed by atoms with Gasteiger partial charge in [-0.1, -0.05) is 218 Å². The number of para-hydroxylation sites is 1. The third-order valence-corrected chi connectivity index (χ3v) is 15.7. The molecule has 0 spiro atoms. The molecule has 330 valence electrons. The number of rotatable bonds is 8. The summed E-state index contributed by atoms with van der Waals surface area (Å²) in [6.45, 7) is 9.36. The van der Waals surface area contributed by atoms with Gasteiger partial charge >= 0.3 is 0 Å². The standard InChI is InChI=1S/C64H69N/c1-63(2,3)53-34-36-54(37-35-53)64(4)60-30-20-18-29-58(60)59-41-40-56(45-61(59)64)65(62-31-21-19-28-57(62)49-26-16-11-17-27-49)55-38-32-48(33-39-55)52-43-50(46-22-12-7-5-8-13-23-46)42-51(44-52)47-24-14-9-6-10-15-25-47/h11,16-21,26-47H,5-10,12-15,22-25H2,1-4H3. The van der Waals surface area contributed by atoms with Crippen LogP contribution in [0.1, 0.15) is 163 Å². The summed E-state index contributed by atoms with van der Waals surface area (Å²) in [7, 11) is 0. The van der Waals surface area contributed by atoms with Crippen molar-refractivity contribution in [1.82, 2.24) is 0 Å². The molecule has 1 unspecified atom stereocenters. The second kappa shape index (κ2) is 18.7. The largest absolute Gasteiger partial charge is 0.310 e. The number of hydrogen-bond acceptors (Lipinski definition) is 1. The summed E-state index contributed by atoms with van der Waals surface area (Å²) in [5.74, 6) is 1.33. The van der Waals surface area contributed by atoms with Crippen LogP contribution in [0.15, 0.2) is 164 Å². The second-order valence-electron chi connectivity index (χ2n) is 21.0. The maximum Gasteiger partial charge on any atom is 0.0540 e. The summed E-state index contributed by atoms with van der Waals surface area (Å²) in [4.78, 5) is 2.52. The van der Waals surface area contributed by atoms with Crippen LogP contribution in [0.2, 0.25) is 0 Å². The molecule has 7 aromatic carbocycles. The first-order chi connectivity index (χ1) is 31.8. The molecule has 1 heteroatoms. The molecule has 2 saturated carbocycles. The Morgan fingerprint density at radius 2 is 0.938 bits per heavy atom. The first-order valence-corrected chi connectivity index (χ1v) is 25.3. The van der Waals surface area contributed by atoms with Crippen LogP contribution in [0.3, 0.4) is 0 Å². The maximum atomic E-state index is 2.66. The Morgan fingerprint density at radius 1 is 0.415 bits per heavy atom. The van der Waals surface area contributed by atoms with E-state index in [2.05, 4.69) is 196 Å². The van der Waals surface area contributed by atoms with Crippen LogP contribution < -0.4 is 4.90 Å². The molecular weight excluding hydrogens is 783 g/mol. The van der Waals surface area contributed by atoms with E-state index in [1.54, 1.807) is 11.1 Å². The van der Waals surface area contributed by atoms with Crippen molar-refractivity contribution in [2.45, 2.75) is 140 Å². The van der Waals surface area contributed by atoms with Crippen molar-refractivity contribution in [1.29, 1.82) is 0 Å². The maximum absolute atomic E-state index is 2.66. The number of nitrogens with zero attached hydrogens (tertiary/aromatic N) is 1. The Balaban J connectivity index is 1.10. The zero-order valence-corrected chi connectivity index (χ0v) is 39.6. The van der Waals surface area contributed by atoms with Gasteiger partial charge in [0.25, 0.3) is 0 Å². The SMILES string of the molecule is CC(C)(C)c1ccc(C2(C)c3ccccc3-c3ccc(N(c4ccc(-c5cc(C6CCCCCCC6)cc(C6CCCCCCC6)c5)cc4)c4ccccc4-c4ccccc4)cc32)cc1. The van der Waals surface area contributed by atoms with Crippen molar-refractivity contribution < 1.29 is 0 Å². The highest BCUT2D eigenvalue weighted by Crippen LogP contribution is 2.54. The molecule has 0 heterocycles. The Kier molecular flexibility index (Phi) is 12.4. The highest BCUT2D eigenvalue weighted by molar-refractivity contribution is 5.91. The van der Waals surface area contributed by atoms with E-state index in [4.69, 9.17) is 0 Å². The summed E-state index contributed by atoms with van der Waals surface area (Å²) >= 11 is 0. The lowest BCUT2D eigenvalue weighted by Gasteiger charge is -2.32. The van der Waals surface area contributed by atoms with E-state index in [-0.39, 0.29) is 10.8 Å². The number of fused-ring (bicyclic) bond motifs is 3. The van der Waals surface area contributed by atoms with Crippen molar-refractivity contribution >= 4 is 17.1 Å². The predicted octanol–water partition coefficient (Wildman–Crippen LogP) is 18.8. The van der Waals surface area contributed by atoms with Crippen molar-refractivity contribution in [2.24, 2.45) is 0 Å². The number of hydrogen-bond donors (Lipinski definition) is 0. The van der Waals surface area contributed by atoms with Gasteiger partial charge in [-0.2, -0.15) is 0 Å². The van der Waals surface area contributed by atoms with Crippen LogP contribution in [-0.4, -0.2) is 0 Å². The van der Waals surface area contributed by atoms with Crippen molar-refractivity contribution in [2.75, 3.05) is 4.90 Å². The molecule has 0 N–H and O–H groups in total. The van der Waals surface area contributed by atoms with Gasteiger partial charge in [0.1, 0.15) is 0 Å². The van der Waals surface area contributed by atoms with Gasteiger partial charge in [0, 0.05) is 22.4 Å². The summed E-state index contributed by atoms with van der Waals surface area (Å²) < 4.78 is 0. The lowest BCUT2D eigenvalue weighted by atomic mass is 9.73. The summed E-state index contributed by atoms with van der Waals surface area (Å²) in [6, 6.07) is 63.1. The van der Waals surface area contributed by atoms with Gasteiger partial charge in [0.2, 0.25) is 0 Å². The molecule has 2 fully saturated rings. The van der Waals surface area contributed by atoms with Gasteiger partial charge < -0.3 is 4.90 Å². The van der Waals surface area contributed by atoms with Gasteiger partial charge in [-0.05, 0) is 141 Å². The lowest BCUT2D eigenvalue weighted by molar-refractivity contribution is 0.448. The molecular formula is C64H69N. The van der Waals surface area contributed by atoms with Gasteiger partial charge in [-0.15, -0.1) is 0 Å². The normalized spacial score (nSPS) is 18.5. The minimum Gasteiger partial charge on any atom is -0.310 e. The quantitative estimate of drug-likeness (QED) is 0.147. The monoisotopic (exact) mass is 852 g/mol. The molecule has 0 aliphatic heterocycles. The van der Waals surface area contributed by atoms with E-state index in [1.807, 2.05) is 0 Å². The van der Waals surface area contributed by atoms with E-state index in [1.165, 1.54) is 163 Å². The van der Waals surface area contributed by atoms with Crippen LogP contribution in [-0.2, 0) is 10.8 Å². The molecule has 65 heavy (non-hydrogen) atoms. The van der Waals surface area contributed by atoms with E-state index in [9.17, 15) is 0 Å². The summed E-state index contributed by atoms with van der Waals surface area (Å²) in [6.07, 6.45) is 19.1. The molecule has 1 atom stereocenters. The highest BCUT2D eigenvalue weighted by atomic mass is 15.1. The third-order valence-electron chi connectivity index (χ3n) is 15.7. The zero-order chi connectivity index (χ0) is 44.4. The van der Waals surface area contributed by atoms with Crippen LogP contribution in [0.5, 0.6) is 0 Å². The Labute approximate surface area is 391 Å². The minimum atomic E-state index is -0.317. The smallest absolute Gasteiger partial charge is 0.0540 e. The molecule has 10 rings (SSSR count). The molecule has 0 saturated heterocycles. The highest BCUT2D eigenvalue weighted by Gasteiger charge is 2.41. The minimum absolute atomic E-state index is 0.0912. The van der Waals surface area contributed by atoms with E-state index < -0.39 is 0 Å². The first-order valence-electron chi connectivity index (χ1n) is 25.3. The summed E-state index contributed by atoms with van der Waals surface area (Å²) in [5, 5.41) is 0. The predicted molar refractivity (Wildman–Crippen MR) is 278 cm³/mol. The fourth-order valence-corrected chi connectivity index (χ4v) is 11.9. The number of benzene rings is 7. The van der Waals surface area contributed by atoms with Crippen LogP contribution in [0, 0.1) is 0 Å². The fraction of sp³-hybridized carbons (Fsp3) is 0.344. The van der Waals surface area contributed by atoms with E-state index >= 15 is 0 Å². The van der Waals surface area contributed by atoms with Gasteiger partial charge in [0.15, 0.2) is 0 Å². The molecule has 7 aromatic rings. The number of anilines is 3. The first kappa shape index (κ1) is 43.2. The Morgan fingerprint density at radius 3 is 1.55 bits per heavy atom. The van der Waals surface area contributed by atoms with Crippen LogP contribution in [0.25, 0.3) is 33.4 Å². The molecule has 3 aliphatic rings. The van der Waals surface area contributed by atoms with Crippen molar-refractivity contribution in [3.63, 3.8) is 0 Å².